The predicted octanol–water partition coefficient (Wildman–Crippen LogP) is 4.15. The van der Waals surface area contributed by atoms with Crippen molar-refractivity contribution in [1.29, 1.82) is 0 Å². The van der Waals surface area contributed by atoms with Crippen molar-refractivity contribution < 1.29 is 4.79 Å². The van der Waals surface area contributed by atoms with Gasteiger partial charge in [0, 0.05) is 25.0 Å². The largest absolute Gasteiger partial charge is 0.365 e. The smallest absolute Gasteiger partial charge is 0.247 e. The first-order chi connectivity index (χ1) is 16.0. The Morgan fingerprint density at radius 1 is 1.27 bits per heavy atom. The number of hydrogen-bond acceptors (Lipinski definition) is 7. The van der Waals surface area contributed by atoms with Crippen LogP contribution in [0, 0.1) is 0 Å². The summed E-state index contributed by atoms with van der Waals surface area (Å²) in [6.45, 7) is 8.90. The summed E-state index contributed by atoms with van der Waals surface area (Å²) in [5, 5.41) is 13.9. The van der Waals surface area contributed by atoms with Crippen LogP contribution in [0.3, 0.4) is 0 Å². The lowest BCUT2D eigenvalue weighted by molar-refractivity contribution is -0.111. The van der Waals surface area contributed by atoms with Gasteiger partial charge in [-0.3, -0.25) is 9.48 Å². The molecule has 2 aromatic heterocycles. The van der Waals surface area contributed by atoms with E-state index in [-0.39, 0.29) is 5.91 Å². The van der Waals surface area contributed by atoms with Gasteiger partial charge in [0.25, 0.3) is 0 Å². The number of nitrogens with zero attached hydrogens (tertiary/aromatic N) is 5. The molecule has 3 rings (SSSR count). The molecule has 174 valence electrons. The van der Waals surface area contributed by atoms with E-state index in [0.717, 1.165) is 37.3 Å². The normalized spacial score (nSPS) is 10.8. The van der Waals surface area contributed by atoms with Gasteiger partial charge in [-0.1, -0.05) is 37.2 Å². The average Bonchev–Trinajstić information content (AvgIpc) is 3.25. The second-order valence-electron chi connectivity index (χ2n) is 7.56. The van der Waals surface area contributed by atoms with Gasteiger partial charge >= 0.3 is 0 Å². The van der Waals surface area contributed by atoms with Gasteiger partial charge in [-0.25, -0.2) is 4.98 Å². The Balaban J connectivity index is 1.59. The standard InChI is InChI=1S/C23H29ClN8O/c1-4-9-31(3)10-11-32-16-19(14-27-32)29-23-26-15-20(24)22(30-23)25-13-17-7-6-8-18(12-17)28-21(33)5-2/h5-8,12,14-16H,2,4,9-11,13H2,1,3H3,(H,28,33)(H2,25,26,29,30). The number of hydrogen-bond donors (Lipinski definition) is 3. The van der Waals surface area contributed by atoms with Crippen LogP contribution in [-0.2, 0) is 17.9 Å². The van der Waals surface area contributed by atoms with Crippen LogP contribution in [-0.4, -0.2) is 50.7 Å². The summed E-state index contributed by atoms with van der Waals surface area (Å²) in [5.41, 5.74) is 2.44. The summed E-state index contributed by atoms with van der Waals surface area (Å²) >= 11 is 6.28. The molecule has 0 unspecified atom stereocenters. The molecule has 0 bridgehead atoms. The molecule has 3 N–H and O–H groups in total. The summed E-state index contributed by atoms with van der Waals surface area (Å²) in [7, 11) is 2.11. The zero-order chi connectivity index (χ0) is 23.6. The Bertz CT molecular complexity index is 1080. The summed E-state index contributed by atoms with van der Waals surface area (Å²) in [4.78, 5) is 22.5. The van der Waals surface area contributed by atoms with Crippen molar-refractivity contribution in [2.75, 3.05) is 36.1 Å². The third kappa shape index (κ3) is 7.58. The lowest BCUT2D eigenvalue weighted by Crippen LogP contribution is -2.24. The maximum Gasteiger partial charge on any atom is 0.247 e. The van der Waals surface area contributed by atoms with Crippen LogP contribution in [0.5, 0.6) is 0 Å². The number of rotatable bonds is 12. The van der Waals surface area contributed by atoms with Crippen LogP contribution >= 0.6 is 11.6 Å². The minimum Gasteiger partial charge on any atom is -0.365 e. The van der Waals surface area contributed by atoms with E-state index in [4.69, 9.17) is 11.6 Å². The number of anilines is 4. The lowest BCUT2D eigenvalue weighted by atomic mass is 10.2. The Morgan fingerprint density at radius 2 is 2.12 bits per heavy atom. The first kappa shape index (κ1) is 24.2. The average molecular weight is 469 g/mol. The molecule has 9 nitrogen and oxygen atoms in total. The number of carbonyl (C=O) groups excluding carboxylic acids is 1. The molecule has 2 heterocycles. The minimum absolute atomic E-state index is 0.258. The van der Waals surface area contributed by atoms with Gasteiger partial charge in [-0.2, -0.15) is 10.1 Å². The monoisotopic (exact) mass is 468 g/mol. The fourth-order valence-corrected chi connectivity index (χ4v) is 3.29. The summed E-state index contributed by atoms with van der Waals surface area (Å²) in [6.07, 6.45) is 7.57. The molecule has 10 heteroatoms. The van der Waals surface area contributed by atoms with E-state index < -0.39 is 0 Å². The van der Waals surface area contributed by atoms with Crippen LogP contribution in [0.2, 0.25) is 5.02 Å². The maximum absolute atomic E-state index is 11.5. The van der Waals surface area contributed by atoms with Gasteiger partial charge in [0.15, 0.2) is 5.82 Å². The Labute approximate surface area is 198 Å². The van der Waals surface area contributed by atoms with Gasteiger partial charge in [-0.05, 0) is 43.8 Å². The molecule has 0 spiro atoms. The van der Waals surface area contributed by atoms with Crippen molar-refractivity contribution in [3.63, 3.8) is 0 Å². The van der Waals surface area contributed by atoms with E-state index in [1.165, 1.54) is 6.08 Å². The highest BCUT2D eigenvalue weighted by Crippen LogP contribution is 2.22. The van der Waals surface area contributed by atoms with Gasteiger partial charge < -0.3 is 20.9 Å². The van der Waals surface area contributed by atoms with Crippen LogP contribution in [0.15, 0.2) is 55.5 Å². The van der Waals surface area contributed by atoms with Gasteiger partial charge in [0.1, 0.15) is 5.02 Å². The third-order valence-corrected chi connectivity index (χ3v) is 5.07. The Morgan fingerprint density at radius 3 is 2.91 bits per heavy atom. The van der Waals surface area contributed by atoms with E-state index in [2.05, 4.69) is 56.5 Å². The maximum atomic E-state index is 11.5. The number of benzene rings is 1. The van der Waals surface area contributed by atoms with Gasteiger partial charge in [-0.15, -0.1) is 0 Å². The molecule has 0 saturated heterocycles. The molecule has 0 saturated carbocycles. The number of halogens is 1. The van der Waals surface area contributed by atoms with E-state index in [0.29, 0.717) is 29.0 Å². The second-order valence-corrected chi connectivity index (χ2v) is 7.97. The number of nitrogens with one attached hydrogen (secondary N) is 3. The summed E-state index contributed by atoms with van der Waals surface area (Å²) in [6, 6.07) is 7.49. The summed E-state index contributed by atoms with van der Waals surface area (Å²) in [5.74, 6) is 0.658. The van der Waals surface area contributed by atoms with Crippen molar-refractivity contribution in [1.82, 2.24) is 24.6 Å². The molecule has 0 radical (unpaired) electrons. The highest BCUT2D eigenvalue weighted by Gasteiger charge is 2.08. The number of aromatic nitrogens is 4. The third-order valence-electron chi connectivity index (χ3n) is 4.79. The highest BCUT2D eigenvalue weighted by atomic mass is 35.5. The predicted molar refractivity (Wildman–Crippen MR) is 133 cm³/mol. The van der Waals surface area contributed by atoms with Gasteiger partial charge in [0.05, 0.1) is 24.6 Å². The van der Waals surface area contributed by atoms with Crippen LogP contribution in [0.4, 0.5) is 23.1 Å². The highest BCUT2D eigenvalue weighted by molar-refractivity contribution is 6.32. The minimum atomic E-state index is -0.258. The fourth-order valence-electron chi connectivity index (χ4n) is 3.14. The molecule has 0 atom stereocenters. The molecule has 0 aliphatic rings. The molecule has 0 aliphatic carbocycles. The number of carbonyl (C=O) groups is 1. The van der Waals surface area contributed by atoms with Crippen LogP contribution in [0.25, 0.3) is 0 Å². The van der Waals surface area contributed by atoms with Crippen molar-refractivity contribution >= 4 is 40.6 Å². The molecule has 3 aromatic rings. The quantitative estimate of drug-likeness (QED) is 0.343. The zero-order valence-electron chi connectivity index (χ0n) is 18.9. The van der Waals surface area contributed by atoms with E-state index in [9.17, 15) is 4.79 Å². The zero-order valence-corrected chi connectivity index (χ0v) is 19.6. The lowest BCUT2D eigenvalue weighted by Gasteiger charge is -2.14. The molecular weight excluding hydrogens is 440 g/mol. The first-order valence-corrected chi connectivity index (χ1v) is 11.1. The molecule has 0 aliphatic heterocycles. The fraction of sp³-hybridized carbons (Fsp3) is 0.304. The van der Waals surface area contributed by atoms with Crippen LogP contribution in [0.1, 0.15) is 18.9 Å². The van der Waals surface area contributed by atoms with Crippen LogP contribution < -0.4 is 16.0 Å². The van der Waals surface area contributed by atoms with Gasteiger partial charge in [0.2, 0.25) is 11.9 Å². The summed E-state index contributed by atoms with van der Waals surface area (Å²) < 4.78 is 1.89. The first-order valence-electron chi connectivity index (χ1n) is 10.7. The Hall–Kier alpha value is -3.43. The topological polar surface area (TPSA) is 100 Å². The van der Waals surface area contributed by atoms with Crippen molar-refractivity contribution in [3.8, 4) is 0 Å². The van der Waals surface area contributed by atoms with E-state index in [1.54, 1.807) is 12.4 Å². The molecule has 33 heavy (non-hydrogen) atoms. The molecular formula is C23H29ClN8O. The van der Waals surface area contributed by atoms with E-state index in [1.807, 2.05) is 35.1 Å². The van der Waals surface area contributed by atoms with Crippen molar-refractivity contribution in [3.05, 3.63) is 66.1 Å². The molecule has 0 fully saturated rings. The van der Waals surface area contributed by atoms with Crippen molar-refractivity contribution in [2.45, 2.75) is 26.4 Å². The molecule has 1 aromatic carbocycles. The molecule has 1 amide bonds. The SMILES string of the molecule is C=CC(=O)Nc1cccc(CNc2nc(Nc3cnn(CCN(C)CCC)c3)ncc2Cl)c1. The van der Waals surface area contributed by atoms with Crippen molar-refractivity contribution in [2.24, 2.45) is 0 Å². The number of amides is 1. The number of likely N-dealkylation sites (N-methyl/N-ethyl adjacent to an activating group) is 1. The second kappa shape index (κ2) is 12.0. The van der Waals surface area contributed by atoms with E-state index >= 15 is 0 Å². The Kier molecular flexibility index (Phi) is 8.79.